The molecule has 1 saturated carbocycles. The Morgan fingerprint density at radius 3 is 2.20 bits per heavy atom. The molecule has 0 saturated heterocycles. The van der Waals surface area contributed by atoms with Crippen LogP contribution in [0.3, 0.4) is 0 Å². The van der Waals surface area contributed by atoms with Crippen molar-refractivity contribution in [1.82, 2.24) is 4.83 Å². The van der Waals surface area contributed by atoms with Gasteiger partial charge in [-0.15, -0.1) is 0 Å². The number of rotatable bonds is 6. The van der Waals surface area contributed by atoms with Crippen LogP contribution in [0.1, 0.15) is 36.8 Å². The average molecular weight is 492 g/mol. The van der Waals surface area contributed by atoms with E-state index in [9.17, 15) is 18.3 Å². The molecule has 0 spiro atoms. The highest BCUT2D eigenvalue weighted by Gasteiger charge is 2.45. The van der Waals surface area contributed by atoms with Gasteiger partial charge in [0.1, 0.15) is 0 Å². The van der Waals surface area contributed by atoms with Gasteiger partial charge in [0.2, 0.25) is 5.91 Å². The minimum absolute atomic E-state index is 0.0552. The summed E-state index contributed by atoms with van der Waals surface area (Å²) in [5.74, 6) is -1.49. The molecule has 3 aromatic rings. The molecule has 7 nitrogen and oxygen atoms in total. The minimum Gasteiger partial charge on any atom is -0.390 e. The monoisotopic (exact) mass is 491 g/mol. The van der Waals surface area contributed by atoms with Crippen molar-refractivity contribution < 1.29 is 18.3 Å². The molecule has 1 fully saturated rings. The smallest absolute Gasteiger partial charge is 0.276 e. The predicted octanol–water partition coefficient (Wildman–Crippen LogP) is 4.21. The number of aryl methyl sites for hydroxylation is 1. The van der Waals surface area contributed by atoms with Crippen LogP contribution >= 0.6 is 0 Å². The Kier molecular flexibility index (Phi) is 7.05. The van der Waals surface area contributed by atoms with E-state index >= 15 is 0 Å². The van der Waals surface area contributed by atoms with Crippen molar-refractivity contribution in [2.24, 2.45) is 11.0 Å². The van der Waals surface area contributed by atoms with Crippen LogP contribution in [0.15, 0.2) is 94.9 Å². The number of anilines is 1. The molecular weight excluding hydrogens is 462 g/mol. The predicted molar refractivity (Wildman–Crippen MR) is 137 cm³/mol. The quantitative estimate of drug-likeness (QED) is 0.449. The molecule has 0 bridgehead atoms. The summed E-state index contributed by atoms with van der Waals surface area (Å²) in [4.78, 5) is 15.9. The Bertz CT molecular complexity index is 1310. The number of hydrazone groups is 1. The molecule has 35 heavy (non-hydrogen) atoms. The summed E-state index contributed by atoms with van der Waals surface area (Å²) in [6.45, 7) is 3.55. The lowest BCUT2D eigenvalue weighted by atomic mass is 9.68. The van der Waals surface area contributed by atoms with Gasteiger partial charge in [-0.25, -0.2) is 4.83 Å². The second kappa shape index (κ2) is 10.0. The second-order valence-electron chi connectivity index (χ2n) is 9.24. The number of carbonyl (C=O) groups excluding carboxylic acids is 1. The molecule has 3 atom stereocenters. The first-order valence-electron chi connectivity index (χ1n) is 11.4. The highest BCUT2D eigenvalue weighted by Crippen LogP contribution is 2.41. The number of benzene rings is 3. The third-order valence-electron chi connectivity index (χ3n) is 6.18. The Balaban J connectivity index is 1.72. The van der Waals surface area contributed by atoms with Crippen LogP contribution in [0.5, 0.6) is 0 Å². The van der Waals surface area contributed by atoms with E-state index in [0.29, 0.717) is 12.1 Å². The van der Waals surface area contributed by atoms with Gasteiger partial charge in [0.25, 0.3) is 10.0 Å². The maximum absolute atomic E-state index is 13.6. The SMILES string of the molecule is Cc1ccc(S(=O)(=O)N/N=C2/C[C@](C)(O)C[C@@H](c3ccccc3)[C@H]2C(=O)Nc2ccccc2)cc1. The number of nitrogens with one attached hydrogen (secondary N) is 2. The number of sulfonamides is 1. The third kappa shape index (κ3) is 5.96. The van der Waals surface area contributed by atoms with E-state index in [2.05, 4.69) is 15.2 Å². The van der Waals surface area contributed by atoms with Gasteiger partial charge in [-0.05, 0) is 50.1 Å². The Morgan fingerprint density at radius 1 is 0.971 bits per heavy atom. The number of carbonyl (C=O) groups is 1. The molecule has 1 aliphatic carbocycles. The summed E-state index contributed by atoms with van der Waals surface area (Å²) >= 11 is 0. The van der Waals surface area contributed by atoms with Gasteiger partial charge < -0.3 is 10.4 Å². The number of amides is 1. The van der Waals surface area contributed by atoms with E-state index in [0.717, 1.165) is 11.1 Å². The lowest BCUT2D eigenvalue weighted by Gasteiger charge is -2.40. The van der Waals surface area contributed by atoms with Crippen LogP contribution < -0.4 is 10.1 Å². The molecule has 4 rings (SSSR count). The van der Waals surface area contributed by atoms with E-state index in [1.54, 1.807) is 31.2 Å². The van der Waals surface area contributed by atoms with E-state index < -0.39 is 27.5 Å². The van der Waals surface area contributed by atoms with Crippen molar-refractivity contribution in [3.8, 4) is 0 Å². The van der Waals surface area contributed by atoms with Crippen molar-refractivity contribution in [3.63, 3.8) is 0 Å². The summed E-state index contributed by atoms with van der Waals surface area (Å²) in [7, 11) is -3.95. The zero-order valence-electron chi connectivity index (χ0n) is 19.7. The van der Waals surface area contributed by atoms with Gasteiger partial charge in [-0.1, -0.05) is 66.2 Å². The zero-order chi connectivity index (χ0) is 25.1. The van der Waals surface area contributed by atoms with Crippen LogP contribution in [-0.2, 0) is 14.8 Å². The Labute approximate surface area is 206 Å². The Hall–Kier alpha value is -3.49. The Morgan fingerprint density at radius 2 is 1.57 bits per heavy atom. The highest BCUT2D eigenvalue weighted by atomic mass is 32.2. The molecule has 0 heterocycles. The zero-order valence-corrected chi connectivity index (χ0v) is 20.5. The fraction of sp³-hybridized carbons (Fsp3) is 0.259. The van der Waals surface area contributed by atoms with Gasteiger partial charge in [-0.3, -0.25) is 4.79 Å². The molecule has 8 heteroatoms. The summed E-state index contributed by atoms with van der Waals surface area (Å²) in [6.07, 6.45) is 0.382. The molecule has 0 aromatic heterocycles. The van der Waals surface area contributed by atoms with Gasteiger partial charge >= 0.3 is 0 Å². The summed E-state index contributed by atoms with van der Waals surface area (Å²) in [5.41, 5.74) is 1.54. The normalized spacial score (nSPS) is 23.6. The molecule has 0 radical (unpaired) electrons. The van der Waals surface area contributed by atoms with Crippen LogP contribution in [0, 0.1) is 12.8 Å². The van der Waals surface area contributed by atoms with E-state index in [1.807, 2.05) is 55.5 Å². The van der Waals surface area contributed by atoms with Crippen LogP contribution in [0.25, 0.3) is 0 Å². The van der Waals surface area contributed by atoms with E-state index in [1.165, 1.54) is 12.1 Å². The number of nitrogens with zero attached hydrogens (tertiary/aromatic N) is 1. The third-order valence-corrected chi connectivity index (χ3v) is 7.40. The molecular formula is C27H29N3O4S. The van der Waals surface area contributed by atoms with Crippen molar-refractivity contribution in [2.45, 2.75) is 43.1 Å². The van der Waals surface area contributed by atoms with Gasteiger partial charge in [-0.2, -0.15) is 13.5 Å². The molecule has 1 aliphatic rings. The maximum Gasteiger partial charge on any atom is 0.276 e. The second-order valence-corrected chi connectivity index (χ2v) is 10.9. The van der Waals surface area contributed by atoms with Crippen LogP contribution in [-0.4, -0.2) is 30.7 Å². The van der Waals surface area contributed by atoms with Crippen molar-refractivity contribution in [1.29, 1.82) is 0 Å². The average Bonchev–Trinajstić information content (AvgIpc) is 2.83. The van der Waals surface area contributed by atoms with E-state index in [-0.39, 0.29) is 22.9 Å². The molecule has 0 aliphatic heterocycles. The van der Waals surface area contributed by atoms with Gasteiger partial charge in [0.15, 0.2) is 0 Å². The van der Waals surface area contributed by atoms with Crippen molar-refractivity contribution >= 4 is 27.3 Å². The minimum atomic E-state index is -3.95. The molecule has 3 N–H and O–H groups in total. The number of para-hydroxylation sites is 1. The molecule has 3 aromatic carbocycles. The standard InChI is InChI=1S/C27H29N3O4S/c1-19-13-15-22(16-14-19)35(33,34)30-29-24-18-27(2,32)17-23(20-9-5-3-6-10-20)25(24)26(31)28-21-11-7-4-8-12-21/h3-16,23,25,30,32H,17-18H2,1-2H3,(H,28,31)/b29-24-/t23-,25+,27+/m0/s1. The number of hydrogen-bond acceptors (Lipinski definition) is 5. The van der Waals surface area contributed by atoms with Crippen LogP contribution in [0.2, 0.25) is 0 Å². The lowest BCUT2D eigenvalue weighted by molar-refractivity contribution is -0.119. The number of aliphatic hydroxyl groups is 1. The van der Waals surface area contributed by atoms with Crippen molar-refractivity contribution in [2.75, 3.05) is 5.32 Å². The summed E-state index contributed by atoms with van der Waals surface area (Å²) < 4.78 is 25.8. The molecule has 182 valence electrons. The first-order chi connectivity index (χ1) is 16.6. The fourth-order valence-electron chi connectivity index (χ4n) is 4.48. The summed E-state index contributed by atoms with van der Waals surface area (Å²) in [5, 5.41) is 18.2. The first-order valence-corrected chi connectivity index (χ1v) is 12.9. The summed E-state index contributed by atoms with van der Waals surface area (Å²) in [6, 6.07) is 24.9. The van der Waals surface area contributed by atoms with Crippen molar-refractivity contribution in [3.05, 3.63) is 96.1 Å². The lowest BCUT2D eigenvalue weighted by Crippen LogP contribution is -2.47. The van der Waals surface area contributed by atoms with Crippen LogP contribution in [0.4, 0.5) is 5.69 Å². The topological polar surface area (TPSA) is 108 Å². The largest absolute Gasteiger partial charge is 0.390 e. The first kappa shape index (κ1) is 24.6. The molecule has 1 amide bonds. The maximum atomic E-state index is 13.6. The highest BCUT2D eigenvalue weighted by molar-refractivity contribution is 7.89. The van der Waals surface area contributed by atoms with E-state index in [4.69, 9.17) is 0 Å². The van der Waals surface area contributed by atoms with Gasteiger partial charge in [0, 0.05) is 18.0 Å². The number of hydrogen-bond donors (Lipinski definition) is 3. The van der Waals surface area contributed by atoms with Gasteiger partial charge in [0.05, 0.1) is 22.1 Å². The molecule has 0 unspecified atom stereocenters. The fourth-order valence-corrected chi connectivity index (χ4v) is 5.32.